The van der Waals surface area contributed by atoms with Crippen molar-refractivity contribution < 1.29 is 8.81 Å². The smallest absolute Gasteiger partial charge is 0.200 e. The van der Waals surface area contributed by atoms with Gasteiger partial charge in [0.05, 0.1) is 10.8 Å². The Labute approximate surface area is 113 Å². The Bertz CT molecular complexity index is 1030. The van der Waals surface area contributed by atoms with Crippen molar-refractivity contribution in [2.45, 2.75) is 0 Å². The van der Waals surface area contributed by atoms with Gasteiger partial charge in [-0.1, -0.05) is 24.3 Å². The first-order valence-corrected chi connectivity index (χ1v) is 6.28. The lowest BCUT2D eigenvalue weighted by molar-refractivity contribution is 0.639. The van der Waals surface area contributed by atoms with Crippen molar-refractivity contribution in [3.63, 3.8) is 0 Å². The van der Waals surface area contributed by atoms with E-state index in [0.717, 1.165) is 5.39 Å². The van der Waals surface area contributed by atoms with Crippen molar-refractivity contribution in [2.75, 3.05) is 0 Å². The summed E-state index contributed by atoms with van der Waals surface area (Å²) in [5.41, 5.74) is 0.888. The van der Waals surface area contributed by atoms with E-state index in [2.05, 4.69) is 0 Å². The molecule has 0 unspecified atom stereocenters. The summed E-state index contributed by atoms with van der Waals surface area (Å²) in [6.45, 7) is 0. The van der Waals surface area contributed by atoms with E-state index in [0.29, 0.717) is 27.3 Å². The zero-order valence-electron chi connectivity index (χ0n) is 10.4. The minimum absolute atomic E-state index is 0.132. The van der Waals surface area contributed by atoms with Gasteiger partial charge in [-0.2, -0.15) is 0 Å². The van der Waals surface area contributed by atoms with Crippen LogP contribution in [0.3, 0.4) is 0 Å². The third-order valence-electron chi connectivity index (χ3n) is 3.52. The van der Waals surface area contributed by atoms with Gasteiger partial charge in [-0.15, -0.1) is 0 Å². The van der Waals surface area contributed by atoms with Gasteiger partial charge in [-0.05, 0) is 35.7 Å². The normalized spacial score (nSPS) is 11.4. The molecule has 3 heteroatoms. The highest BCUT2D eigenvalue weighted by atomic mass is 19.1. The maximum atomic E-state index is 13.8. The average molecular weight is 264 g/mol. The van der Waals surface area contributed by atoms with Crippen LogP contribution in [0.2, 0.25) is 0 Å². The molecular weight excluding hydrogens is 255 g/mol. The lowest BCUT2D eigenvalue weighted by atomic mass is 10.1. The number of fused-ring (bicyclic) bond motifs is 3. The number of para-hydroxylation sites is 1. The quantitative estimate of drug-likeness (QED) is 0.445. The monoisotopic (exact) mass is 264 g/mol. The summed E-state index contributed by atoms with van der Waals surface area (Å²) in [6.07, 6.45) is 0. The molecule has 96 valence electrons. The standard InChI is InChI=1S/C17H9FO2/c18-14-6-3-4-10-8-16-13(9-12(10)14)17(19)11-5-1-2-7-15(11)20-16/h1-9H. The molecule has 0 aliphatic rings. The summed E-state index contributed by atoms with van der Waals surface area (Å²) in [6, 6.07) is 15.2. The molecule has 3 aromatic carbocycles. The number of hydrogen-bond donors (Lipinski definition) is 0. The van der Waals surface area contributed by atoms with Crippen molar-refractivity contribution in [3.8, 4) is 0 Å². The first kappa shape index (κ1) is 11.2. The van der Waals surface area contributed by atoms with Crippen LogP contribution in [-0.4, -0.2) is 0 Å². The van der Waals surface area contributed by atoms with Crippen LogP contribution in [0, 0.1) is 5.82 Å². The van der Waals surface area contributed by atoms with E-state index in [4.69, 9.17) is 4.42 Å². The summed E-state index contributed by atoms with van der Waals surface area (Å²) < 4.78 is 19.6. The first-order valence-electron chi connectivity index (χ1n) is 6.28. The van der Waals surface area contributed by atoms with Gasteiger partial charge in [0, 0.05) is 5.39 Å². The molecule has 0 fully saturated rings. The van der Waals surface area contributed by atoms with Gasteiger partial charge in [0.1, 0.15) is 17.0 Å². The van der Waals surface area contributed by atoms with Crippen LogP contribution in [0.15, 0.2) is 63.8 Å². The molecule has 0 saturated heterocycles. The van der Waals surface area contributed by atoms with E-state index in [1.54, 1.807) is 42.5 Å². The Morgan fingerprint density at radius 1 is 0.800 bits per heavy atom. The van der Waals surface area contributed by atoms with Gasteiger partial charge < -0.3 is 4.42 Å². The first-order chi connectivity index (χ1) is 9.74. The molecule has 0 aliphatic heterocycles. The molecule has 0 bridgehead atoms. The molecule has 20 heavy (non-hydrogen) atoms. The fourth-order valence-electron chi connectivity index (χ4n) is 2.53. The minimum Gasteiger partial charge on any atom is -0.456 e. The van der Waals surface area contributed by atoms with Crippen LogP contribution in [0.1, 0.15) is 0 Å². The Morgan fingerprint density at radius 2 is 1.65 bits per heavy atom. The molecule has 2 nitrogen and oxygen atoms in total. The number of rotatable bonds is 0. The minimum atomic E-state index is -0.336. The SMILES string of the molecule is O=c1c2ccccc2oc2cc3cccc(F)c3cc12. The lowest BCUT2D eigenvalue weighted by Gasteiger charge is -2.04. The molecule has 0 saturated carbocycles. The molecule has 0 radical (unpaired) electrons. The van der Waals surface area contributed by atoms with Crippen molar-refractivity contribution in [2.24, 2.45) is 0 Å². The molecule has 0 spiro atoms. The Kier molecular flexibility index (Phi) is 2.18. The van der Waals surface area contributed by atoms with Gasteiger partial charge in [0.15, 0.2) is 0 Å². The van der Waals surface area contributed by atoms with Crippen LogP contribution in [-0.2, 0) is 0 Å². The lowest BCUT2D eigenvalue weighted by Crippen LogP contribution is -2.02. The second kappa shape index (κ2) is 3.90. The average Bonchev–Trinajstić information content (AvgIpc) is 2.47. The highest BCUT2D eigenvalue weighted by Crippen LogP contribution is 2.25. The van der Waals surface area contributed by atoms with E-state index < -0.39 is 0 Å². The van der Waals surface area contributed by atoms with E-state index in [1.165, 1.54) is 6.07 Å². The third-order valence-corrected chi connectivity index (χ3v) is 3.52. The predicted molar refractivity (Wildman–Crippen MR) is 77.5 cm³/mol. The fraction of sp³-hybridized carbons (Fsp3) is 0. The Hall–Kier alpha value is -2.68. The Morgan fingerprint density at radius 3 is 2.55 bits per heavy atom. The Balaban J connectivity index is 2.29. The van der Waals surface area contributed by atoms with Crippen molar-refractivity contribution in [1.82, 2.24) is 0 Å². The summed E-state index contributed by atoms with van der Waals surface area (Å²) in [5, 5.41) is 2.07. The molecular formula is C17H9FO2. The summed E-state index contributed by atoms with van der Waals surface area (Å²) >= 11 is 0. The zero-order valence-corrected chi connectivity index (χ0v) is 10.4. The number of halogens is 1. The molecule has 0 amide bonds. The topological polar surface area (TPSA) is 30.2 Å². The van der Waals surface area contributed by atoms with Gasteiger partial charge in [0.25, 0.3) is 0 Å². The summed E-state index contributed by atoms with van der Waals surface area (Å²) in [7, 11) is 0. The molecule has 0 aliphatic carbocycles. The van der Waals surface area contributed by atoms with Crippen molar-refractivity contribution in [3.05, 3.63) is 70.6 Å². The van der Waals surface area contributed by atoms with Gasteiger partial charge in [-0.3, -0.25) is 4.79 Å². The largest absolute Gasteiger partial charge is 0.456 e. The van der Waals surface area contributed by atoms with Crippen LogP contribution >= 0.6 is 0 Å². The highest BCUT2D eigenvalue weighted by molar-refractivity contribution is 5.99. The van der Waals surface area contributed by atoms with Gasteiger partial charge >= 0.3 is 0 Å². The van der Waals surface area contributed by atoms with Gasteiger partial charge in [-0.25, -0.2) is 4.39 Å². The summed E-state index contributed by atoms with van der Waals surface area (Å²) in [5.74, 6) is -0.336. The highest BCUT2D eigenvalue weighted by Gasteiger charge is 2.10. The zero-order chi connectivity index (χ0) is 13.7. The van der Waals surface area contributed by atoms with E-state index in [-0.39, 0.29) is 11.2 Å². The summed E-state index contributed by atoms with van der Waals surface area (Å²) in [4.78, 5) is 12.5. The van der Waals surface area contributed by atoms with E-state index in [1.807, 2.05) is 6.07 Å². The second-order valence-electron chi connectivity index (χ2n) is 4.74. The molecule has 4 aromatic rings. The maximum absolute atomic E-state index is 13.8. The van der Waals surface area contributed by atoms with Crippen molar-refractivity contribution >= 4 is 32.7 Å². The molecule has 0 N–H and O–H groups in total. The third kappa shape index (κ3) is 1.46. The number of hydrogen-bond acceptors (Lipinski definition) is 2. The maximum Gasteiger partial charge on any atom is 0.200 e. The molecule has 1 heterocycles. The van der Waals surface area contributed by atoms with Crippen LogP contribution in [0.4, 0.5) is 4.39 Å². The molecule has 0 atom stereocenters. The molecule has 1 aromatic heterocycles. The van der Waals surface area contributed by atoms with E-state index >= 15 is 0 Å². The number of benzene rings is 3. The second-order valence-corrected chi connectivity index (χ2v) is 4.74. The predicted octanol–water partition coefficient (Wildman–Crippen LogP) is 4.24. The van der Waals surface area contributed by atoms with Crippen molar-refractivity contribution in [1.29, 1.82) is 0 Å². The van der Waals surface area contributed by atoms with Crippen LogP contribution < -0.4 is 5.43 Å². The van der Waals surface area contributed by atoms with Gasteiger partial charge in [0.2, 0.25) is 5.43 Å². The fourth-order valence-corrected chi connectivity index (χ4v) is 2.53. The molecule has 4 rings (SSSR count). The van der Waals surface area contributed by atoms with Crippen LogP contribution in [0.5, 0.6) is 0 Å². The van der Waals surface area contributed by atoms with E-state index in [9.17, 15) is 9.18 Å². The van der Waals surface area contributed by atoms with Crippen LogP contribution in [0.25, 0.3) is 32.7 Å².